The van der Waals surface area contributed by atoms with Crippen molar-refractivity contribution in [3.05, 3.63) is 11.6 Å². The summed E-state index contributed by atoms with van der Waals surface area (Å²) in [6.07, 6.45) is 8.54. The maximum absolute atomic E-state index is 13.4. The Labute approximate surface area is 223 Å². The molecule has 0 radical (unpaired) electrons. The van der Waals surface area contributed by atoms with Gasteiger partial charge < -0.3 is 9.84 Å². The number of ketones is 1. The van der Waals surface area contributed by atoms with E-state index in [9.17, 15) is 20.0 Å². The van der Waals surface area contributed by atoms with E-state index >= 15 is 0 Å². The summed E-state index contributed by atoms with van der Waals surface area (Å²) >= 11 is 0. The summed E-state index contributed by atoms with van der Waals surface area (Å²) in [4.78, 5) is 26.7. The van der Waals surface area contributed by atoms with Crippen molar-refractivity contribution in [3.8, 4) is 6.07 Å². The second-order valence-corrected chi connectivity index (χ2v) is 15.5. The number of aliphatic hydroxyl groups is 1. The van der Waals surface area contributed by atoms with Gasteiger partial charge in [-0.2, -0.15) is 5.26 Å². The van der Waals surface area contributed by atoms with Crippen LogP contribution in [0.3, 0.4) is 0 Å². The van der Waals surface area contributed by atoms with Crippen molar-refractivity contribution in [3.63, 3.8) is 0 Å². The van der Waals surface area contributed by atoms with Crippen molar-refractivity contribution < 1.29 is 19.4 Å². The van der Waals surface area contributed by atoms with Gasteiger partial charge in [0.25, 0.3) is 0 Å². The molecule has 9 atom stereocenters. The molecule has 0 aromatic heterocycles. The Kier molecular flexibility index (Phi) is 5.77. The molecule has 5 heteroatoms. The molecule has 204 valence electrons. The zero-order chi connectivity index (χ0) is 27.4. The van der Waals surface area contributed by atoms with Crippen molar-refractivity contribution in [1.82, 2.24) is 0 Å². The predicted molar refractivity (Wildman–Crippen MR) is 142 cm³/mol. The van der Waals surface area contributed by atoms with Crippen molar-refractivity contribution >= 4 is 11.8 Å². The standard InChI is InChI=1S/C32H47NO4/c1-27(2)11-13-32(26(36)37-8)14-12-31(7)24(20(32)17-27)21(34)15-23-29(5)16-19(18-33)25(35)28(3,4)22(29)9-10-30(23,31)6/h16,20-24,34H,9-15,17H2,1-8H3/t20-,21?,22+,23-,24+,29+,30-,31-,32+/m1/s1. The molecule has 5 nitrogen and oxygen atoms in total. The largest absolute Gasteiger partial charge is 0.469 e. The number of nitriles is 1. The smallest absolute Gasteiger partial charge is 0.312 e. The summed E-state index contributed by atoms with van der Waals surface area (Å²) in [7, 11) is 1.52. The molecule has 0 aliphatic heterocycles. The summed E-state index contributed by atoms with van der Waals surface area (Å²) < 4.78 is 5.45. The van der Waals surface area contributed by atoms with Crippen LogP contribution in [0, 0.1) is 67.5 Å². The van der Waals surface area contributed by atoms with Gasteiger partial charge in [0.2, 0.25) is 0 Å². The van der Waals surface area contributed by atoms with E-state index in [2.05, 4.69) is 40.7 Å². The van der Waals surface area contributed by atoms with Crippen LogP contribution in [0.1, 0.15) is 99.8 Å². The molecule has 0 amide bonds. The second-order valence-electron chi connectivity index (χ2n) is 15.5. The van der Waals surface area contributed by atoms with E-state index < -0.39 is 16.9 Å². The highest BCUT2D eigenvalue weighted by Gasteiger charge is 2.73. The Morgan fingerprint density at radius 3 is 2.27 bits per heavy atom. The topological polar surface area (TPSA) is 87.4 Å². The van der Waals surface area contributed by atoms with Gasteiger partial charge in [0.05, 0.1) is 24.2 Å². The van der Waals surface area contributed by atoms with Gasteiger partial charge in [-0.25, -0.2) is 0 Å². The first-order valence-electron chi connectivity index (χ1n) is 14.5. The normalized spacial score (nSPS) is 49.8. The molecule has 0 aromatic rings. The van der Waals surface area contributed by atoms with E-state index in [0.29, 0.717) is 6.42 Å². The predicted octanol–water partition coefficient (Wildman–Crippen LogP) is 6.25. The first-order chi connectivity index (χ1) is 17.0. The maximum atomic E-state index is 13.4. The number of esters is 1. The van der Waals surface area contributed by atoms with Gasteiger partial charge in [-0.05, 0) is 96.7 Å². The minimum atomic E-state index is -0.599. The molecule has 5 aliphatic rings. The maximum Gasteiger partial charge on any atom is 0.312 e. The molecule has 1 unspecified atom stereocenters. The van der Waals surface area contributed by atoms with Crippen LogP contribution in [-0.2, 0) is 14.3 Å². The highest BCUT2D eigenvalue weighted by Crippen LogP contribution is 2.76. The van der Waals surface area contributed by atoms with Crippen molar-refractivity contribution in [2.24, 2.45) is 56.2 Å². The summed E-state index contributed by atoms with van der Waals surface area (Å²) in [5.41, 5.74) is -1.25. The first-order valence-corrected chi connectivity index (χ1v) is 14.5. The zero-order valence-electron chi connectivity index (χ0n) is 24.2. The lowest BCUT2D eigenvalue weighted by Gasteiger charge is -2.73. The van der Waals surface area contributed by atoms with Crippen LogP contribution in [-0.4, -0.2) is 30.1 Å². The summed E-state index contributed by atoms with van der Waals surface area (Å²) in [5, 5.41) is 22.0. The highest BCUT2D eigenvalue weighted by molar-refractivity contribution is 6.04. The molecule has 4 fully saturated rings. The molecular weight excluding hydrogens is 462 g/mol. The fraction of sp³-hybridized carbons (Fsp3) is 0.844. The Bertz CT molecular complexity index is 1100. The highest BCUT2D eigenvalue weighted by atomic mass is 16.5. The minimum Gasteiger partial charge on any atom is -0.469 e. The van der Waals surface area contributed by atoms with Crippen LogP contribution in [0.25, 0.3) is 0 Å². The molecular formula is C32H47NO4. The van der Waals surface area contributed by atoms with E-state index in [-0.39, 0.29) is 62.7 Å². The van der Waals surface area contributed by atoms with Crippen molar-refractivity contribution in [1.29, 1.82) is 5.26 Å². The summed E-state index contributed by atoms with van der Waals surface area (Å²) in [6.45, 7) is 15.7. The number of Topliss-reactive ketones (excluding diaryl/α,β-unsaturated/α-hetero) is 1. The van der Waals surface area contributed by atoms with Gasteiger partial charge in [0.1, 0.15) is 6.07 Å². The fourth-order valence-corrected chi connectivity index (χ4v) is 11.2. The van der Waals surface area contributed by atoms with E-state index in [1.165, 1.54) is 7.11 Å². The molecule has 0 aromatic carbocycles. The van der Waals surface area contributed by atoms with Gasteiger partial charge in [0.15, 0.2) is 5.78 Å². The third kappa shape index (κ3) is 3.23. The van der Waals surface area contributed by atoms with E-state index in [1.54, 1.807) is 0 Å². The minimum absolute atomic E-state index is 0.0268. The average molecular weight is 510 g/mol. The van der Waals surface area contributed by atoms with Crippen LogP contribution in [0.4, 0.5) is 0 Å². The number of fused-ring (bicyclic) bond motifs is 7. The Balaban J connectivity index is 1.64. The Hall–Kier alpha value is -1.67. The third-order valence-electron chi connectivity index (χ3n) is 13.3. The summed E-state index contributed by atoms with van der Waals surface area (Å²) in [6, 6.07) is 2.22. The number of allylic oxidation sites excluding steroid dienone is 2. The Morgan fingerprint density at radius 2 is 1.65 bits per heavy atom. The lowest BCUT2D eigenvalue weighted by atomic mass is 9.31. The van der Waals surface area contributed by atoms with E-state index in [0.717, 1.165) is 44.9 Å². The van der Waals surface area contributed by atoms with Gasteiger partial charge in [0, 0.05) is 5.41 Å². The fourth-order valence-electron chi connectivity index (χ4n) is 11.2. The number of carbonyl (C=O) groups is 2. The van der Waals surface area contributed by atoms with Crippen LogP contribution in [0.2, 0.25) is 0 Å². The van der Waals surface area contributed by atoms with Crippen LogP contribution < -0.4 is 0 Å². The molecule has 5 aliphatic carbocycles. The molecule has 0 spiro atoms. The third-order valence-corrected chi connectivity index (χ3v) is 13.3. The van der Waals surface area contributed by atoms with Gasteiger partial charge in [-0.3, -0.25) is 9.59 Å². The van der Waals surface area contributed by atoms with Gasteiger partial charge >= 0.3 is 5.97 Å². The summed E-state index contributed by atoms with van der Waals surface area (Å²) in [5.74, 6) is 0.300. The quantitative estimate of drug-likeness (QED) is 0.422. The molecule has 5 rings (SSSR count). The second kappa shape index (κ2) is 7.93. The number of ether oxygens (including phenoxy) is 1. The van der Waals surface area contributed by atoms with Crippen molar-refractivity contribution in [2.75, 3.05) is 7.11 Å². The van der Waals surface area contributed by atoms with E-state index in [4.69, 9.17) is 4.74 Å². The van der Waals surface area contributed by atoms with Crippen LogP contribution >= 0.6 is 0 Å². The monoisotopic (exact) mass is 509 g/mol. The number of methoxy groups -OCH3 is 1. The van der Waals surface area contributed by atoms with Crippen molar-refractivity contribution in [2.45, 2.75) is 106 Å². The van der Waals surface area contributed by atoms with Crippen LogP contribution in [0.15, 0.2) is 11.6 Å². The number of aliphatic hydroxyl groups excluding tert-OH is 1. The molecule has 37 heavy (non-hydrogen) atoms. The van der Waals surface area contributed by atoms with Crippen LogP contribution in [0.5, 0.6) is 0 Å². The molecule has 4 saturated carbocycles. The number of rotatable bonds is 1. The van der Waals surface area contributed by atoms with E-state index in [1.807, 2.05) is 19.9 Å². The molecule has 0 bridgehead atoms. The number of hydrogen-bond acceptors (Lipinski definition) is 5. The lowest BCUT2D eigenvalue weighted by Crippen LogP contribution is -2.70. The van der Waals surface area contributed by atoms with Gasteiger partial charge in [-0.1, -0.05) is 54.5 Å². The lowest BCUT2D eigenvalue weighted by molar-refractivity contribution is -0.260. The number of nitrogens with zero attached hydrogens (tertiary/aromatic N) is 1. The molecule has 0 heterocycles. The first kappa shape index (κ1) is 26.9. The average Bonchev–Trinajstić information content (AvgIpc) is 2.82. The SMILES string of the molecule is COC(=O)[C@]12CCC(C)(C)C[C@@H]1[C@H]1C(O)C[C@@H]3[C@@]4(C)C=C(C#N)C(=O)C(C)(C)[C@@H]4CC[C@@]3(C)[C@]1(C)CC2. The Morgan fingerprint density at radius 1 is 1.00 bits per heavy atom. The van der Waals surface area contributed by atoms with Gasteiger partial charge in [-0.15, -0.1) is 0 Å². The number of carbonyl (C=O) groups excluding carboxylic acids is 2. The molecule has 1 N–H and O–H groups in total. The molecule has 0 saturated heterocycles. The number of hydrogen-bond donors (Lipinski definition) is 1. The zero-order valence-corrected chi connectivity index (χ0v) is 24.2.